The number of aromatic nitrogens is 3. The van der Waals surface area contributed by atoms with Gasteiger partial charge in [0.05, 0.1) is 11.3 Å². The first-order chi connectivity index (χ1) is 12.9. The molecule has 0 radical (unpaired) electrons. The van der Waals surface area contributed by atoms with E-state index in [0.717, 1.165) is 16.8 Å². The van der Waals surface area contributed by atoms with Crippen molar-refractivity contribution in [1.82, 2.24) is 14.9 Å². The summed E-state index contributed by atoms with van der Waals surface area (Å²) in [6.07, 6.45) is 0.208. The van der Waals surface area contributed by atoms with Crippen molar-refractivity contribution < 1.29 is 14.1 Å². The molecule has 0 unspecified atom stereocenters. The van der Waals surface area contributed by atoms with Crippen molar-refractivity contribution in [2.75, 3.05) is 5.32 Å². The summed E-state index contributed by atoms with van der Waals surface area (Å²) in [5.74, 6) is 0.119. The van der Waals surface area contributed by atoms with Gasteiger partial charge in [-0.1, -0.05) is 35.5 Å². The molecule has 0 bridgehead atoms. The van der Waals surface area contributed by atoms with Gasteiger partial charge >= 0.3 is 0 Å². The van der Waals surface area contributed by atoms with Crippen LogP contribution in [-0.2, 0) is 11.3 Å². The van der Waals surface area contributed by atoms with Crippen LogP contribution < -0.4 is 5.32 Å². The fourth-order valence-electron chi connectivity index (χ4n) is 3.14. The van der Waals surface area contributed by atoms with Crippen molar-refractivity contribution in [1.29, 1.82) is 0 Å². The molecule has 1 amide bonds. The Balaban J connectivity index is 1.67. The summed E-state index contributed by atoms with van der Waals surface area (Å²) in [6, 6.07) is 9.65. The molecule has 3 aromatic rings. The lowest BCUT2D eigenvalue weighted by atomic mass is 10.1. The van der Waals surface area contributed by atoms with Gasteiger partial charge in [-0.15, -0.1) is 0 Å². The Kier molecular flexibility index (Phi) is 5.21. The van der Waals surface area contributed by atoms with Crippen molar-refractivity contribution in [3.05, 3.63) is 52.8 Å². The molecule has 27 heavy (non-hydrogen) atoms. The number of aryl methyl sites for hydroxylation is 2. The molecule has 1 aromatic carbocycles. The van der Waals surface area contributed by atoms with Crippen molar-refractivity contribution in [2.45, 2.75) is 40.7 Å². The topological polar surface area (TPSA) is 90.0 Å². The zero-order valence-electron chi connectivity index (χ0n) is 15.9. The Bertz CT molecular complexity index is 986. The van der Waals surface area contributed by atoms with Crippen LogP contribution >= 0.6 is 0 Å². The van der Waals surface area contributed by atoms with E-state index in [1.54, 1.807) is 11.6 Å². The van der Waals surface area contributed by atoms with Crippen LogP contribution in [0.3, 0.4) is 0 Å². The summed E-state index contributed by atoms with van der Waals surface area (Å²) in [4.78, 5) is 24.0. The molecule has 0 saturated heterocycles. The largest absolute Gasteiger partial charge is 0.338 e. The lowest BCUT2D eigenvalue weighted by Gasteiger charge is -2.05. The average molecular weight is 366 g/mol. The second kappa shape index (κ2) is 7.57. The van der Waals surface area contributed by atoms with Crippen LogP contribution in [0.1, 0.15) is 40.7 Å². The van der Waals surface area contributed by atoms with Crippen LogP contribution in [0, 0.1) is 20.8 Å². The van der Waals surface area contributed by atoms with Gasteiger partial charge in [0.15, 0.2) is 5.78 Å². The summed E-state index contributed by atoms with van der Waals surface area (Å²) in [5, 5.41) is 11.2. The maximum Gasteiger partial charge on any atom is 0.234 e. The molecule has 2 aromatic heterocycles. The van der Waals surface area contributed by atoms with Gasteiger partial charge in [0.2, 0.25) is 11.8 Å². The number of amides is 1. The molecule has 0 aliphatic rings. The minimum absolute atomic E-state index is 0.0218. The Labute approximate surface area is 157 Å². The number of hydrogen-bond acceptors (Lipinski definition) is 5. The van der Waals surface area contributed by atoms with E-state index < -0.39 is 0 Å². The number of carbonyl (C=O) groups excluding carboxylic acids is 2. The minimum atomic E-state index is -0.203. The summed E-state index contributed by atoms with van der Waals surface area (Å²) >= 11 is 0. The first kappa shape index (κ1) is 18.6. The van der Waals surface area contributed by atoms with Crippen LogP contribution in [0.15, 0.2) is 34.9 Å². The monoisotopic (exact) mass is 366 g/mol. The highest BCUT2D eigenvalue weighted by Crippen LogP contribution is 2.27. The molecule has 7 heteroatoms. The molecule has 140 valence electrons. The van der Waals surface area contributed by atoms with Gasteiger partial charge in [-0.05, 0) is 27.7 Å². The van der Waals surface area contributed by atoms with Crippen molar-refractivity contribution in [3.63, 3.8) is 0 Å². The Morgan fingerprint density at radius 2 is 1.85 bits per heavy atom. The number of carbonyl (C=O) groups is 2. The van der Waals surface area contributed by atoms with Gasteiger partial charge in [-0.2, -0.15) is 5.10 Å². The van der Waals surface area contributed by atoms with Crippen LogP contribution in [0.4, 0.5) is 5.88 Å². The molecule has 2 heterocycles. The Morgan fingerprint density at radius 1 is 1.15 bits per heavy atom. The number of nitrogens with zero attached hydrogens (tertiary/aromatic N) is 3. The number of nitrogens with one attached hydrogen (secondary N) is 1. The minimum Gasteiger partial charge on any atom is -0.338 e. The number of Topliss-reactive ketones (excluding diaryl/α,β-unsaturated/α-hetero) is 1. The Morgan fingerprint density at radius 3 is 2.48 bits per heavy atom. The molecule has 0 aliphatic heterocycles. The standard InChI is InChI=1S/C20H22N4O3/c1-12-19(16-8-6-5-7-9-16)23-27-20(12)21-17(26)10-11-24-14(3)18(15(4)25)13(2)22-24/h5-9H,10-11H2,1-4H3,(H,21,26). The van der Waals surface area contributed by atoms with Crippen LogP contribution in [0.5, 0.6) is 0 Å². The van der Waals surface area contributed by atoms with Crippen LogP contribution in [-0.4, -0.2) is 26.6 Å². The van der Waals surface area contributed by atoms with Crippen molar-refractivity contribution in [3.8, 4) is 11.3 Å². The lowest BCUT2D eigenvalue weighted by Crippen LogP contribution is -2.16. The highest BCUT2D eigenvalue weighted by atomic mass is 16.5. The number of rotatable bonds is 6. The quantitative estimate of drug-likeness (QED) is 0.672. The molecule has 3 rings (SSSR count). The second-order valence-electron chi connectivity index (χ2n) is 6.47. The van der Waals surface area contributed by atoms with Gasteiger partial charge in [0.1, 0.15) is 5.69 Å². The van der Waals surface area contributed by atoms with Gasteiger partial charge < -0.3 is 4.52 Å². The van der Waals surface area contributed by atoms with E-state index in [1.165, 1.54) is 6.92 Å². The first-order valence-electron chi connectivity index (χ1n) is 8.75. The van der Waals surface area contributed by atoms with E-state index in [4.69, 9.17) is 4.52 Å². The van der Waals surface area contributed by atoms with Gasteiger partial charge in [-0.3, -0.25) is 19.6 Å². The van der Waals surface area contributed by atoms with Crippen LogP contribution in [0.2, 0.25) is 0 Å². The second-order valence-corrected chi connectivity index (χ2v) is 6.47. The van der Waals surface area contributed by atoms with E-state index in [2.05, 4.69) is 15.6 Å². The number of anilines is 1. The third kappa shape index (κ3) is 3.81. The molecule has 0 aliphatic carbocycles. The Hall–Kier alpha value is -3.22. The fraction of sp³-hybridized carbons (Fsp3) is 0.300. The normalized spacial score (nSPS) is 10.8. The van der Waals surface area contributed by atoms with Crippen molar-refractivity contribution >= 4 is 17.6 Å². The molecule has 0 fully saturated rings. The van der Waals surface area contributed by atoms with E-state index in [1.807, 2.05) is 44.2 Å². The third-order valence-corrected chi connectivity index (χ3v) is 4.51. The smallest absolute Gasteiger partial charge is 0.234 e. The molecule has 1 N–H and O–H groups in total. The lowest BCUT2D eigenvalue weighted by molar-refractivity contribution is -0.116. The van der Waals surface area contributed by atoms with E-state index in [0.29, 0.717) is 29.4 Å². The zero-order valence-corrected chi connectivity index (χ0v) is 15.9. The maximum absolute atomic E-state index is 12.3. The fourth-order valence-corrected chi connectivity index (χ4v) is 3.14. The van der Waals surface area contributed by atoms with Gasteiger partial charge in [0.25, 0.3) is 0 Å². The van der Waals surface area contributed by atoms with E-state index in [9.17, 15) is 9.59 Å². The molecular formula is C20H22N4O3. The zero-order chi connectivity index (χ0) is 19.6. The number of ketones is 1. The highest BCUT2D eigenvalue weighted by Gasteiger charge is 2.18. The molecular weight excluding hydrogens is 344 g/mol. The maximum atomic E-state index is 12.3. The van der Waals surface area contributed by atoms with Crippen LogP contribution in [0.25, 0.3) is 11.3 Å². The third-order valence-electron chi connectivity index (χ3n) is 4.51. The molecule has 0 saturated carbocycles. The number of benzene rings is 1. The van der Waals surface area contributed by atoms with Gasteiger partial charge in [0, 0.05) is 29.8 Å². The van der Waals surface area contributed by atoms with E-state index >= 15 is 0 Å². The highest BCUT2D eigenvalue weighted by molar-refractivity contribution is 5.96. The van der Waals surface area contributed by atoms with Gasteiger partial charge in [-0.25, -0.2) is 0 Å². The summed E-state index contributed by atoms with van der Waals surface area (Å²) in [5.41, 5.74) is 4.48. The summed E-state index contributed by atoms with van der Waals surface area (Å²) < 4.78 is 6.99. The molecule has 7 nitrogen and oxygen atoms in total. The predicted molar refractivity (Wildman–Crippen MR) is 102 cm³/mol. The average Bonchev–Trinajstić information content (AvgIpc) is 3.13. The molecule has 0 spiro atoms. The first-order valence-corrected chi connectivity index (χ1v) is 8.75. The molecule has 0 atom stereocenters. The van der Waals surface area contributed by atoms with Crippen molar-refractivity contribution in [2.24, 2.45) is 0 Å². The van der Waals surface area contributed by atoms with E-state index in [-0.39, 0.29) is 18.1 Å². The summed E-state index contributed by atoms with van der Waals surface area (Å²) in [6.45, 7) is 7.38. The SMILES string of the molecule is CC(=O)c1c(C)nn(CCC(=O)Nc2onc(-c3ccccc3)c2C)c1C. The summed E-state index contributed by atoms with van der Waals surface area (Å²) in [7, 11) is 0. The number of hydrogen-bond donors (Lipinski definition) is 1. The predicted octanol–water partition coefficient (Wildman–Crippen LogP) is 3.69.